The molecular weight excluding hydrogens is 184 g/mol. The molecule has 0 bridgehead atoms. The first-order valence-corrected chi connectivity index (χ1v) is 4.34. The Balaban J connectivity index is 3.72. The zero-order valence-corrected chi connectivity index (χ0v) is 8.27. The Labute approximate surface area is 83.5 Å². The van der Waals surface area contributed by atoms with Crippen molar-refractivity contribution in [3.8, 4) is 0 Å². The van der Waals surface area contributed by atoms with Crippen molar-refractivity contribution in [1.82, 2.24) is 0 Å². The van der Waals surface area contributed by atoms with Gasteiger partial charge >= 0.3 is 5.97 Å². The van der Waals surface area contributed by atoms with Crippen molar-refractivity contribution in [2.24, 2.45) is 0 Å². The van der Waals surface area contributed by atoms with Crippen LogP contribution in [0.5, 0.6) is 0 Å². The minimum Gasteiger partial charge on any atom is -0.478 e. The Hall–Kier alpha value is -1.13. The first-order chi connectivity index (χ1) is 6.57. The van der Waals surface area contributed by atoms with Crippen LogP contribution in [-0.2, 0) is 9.53 Å². The number of rotatable bonds is 7. The molecule has 2 N–H and O–H groups in total. The van der Waals surface area contributed by atoms with Gasteiger partial charge in [0, 0.05) is 5.57 Å². The van der Waals surface area contributed by atoms with E-state index in [-0.39, 0.29) is 18.6 Å². The molecule has 0 aliphatic heterocycles. The molecule has 0 saturated heterocycles. The molecule has 1 unspecified atom stereocenters. The van der Waals surface area contributed by atoms with Crippen molar-refractivity contribution in [2.45, 2.75) is 19.4 Å². The first-order valence-electron chi connectivity index (χ1n) is 4.34. The van der Waals surface area contributed by atoms with Crippen molar-refractivity contribution in [3.05, 3.63) is 24.3 Å². The van der Waals surface area contributed by atoms with Crippen LogP contribution < -0.4 is 0 Å². The Morgan fingerprint density at radius 1 is 1.64 bits per heavy atom. The predicted octanol–water partition coefficient (Wildman–Crippen LogP) is 0.971. The van der Waals surface area contributed by atoms with E-state index >= 15 is 0 Å². The highest BCUT2D eigenvalue weighted by molar-refractivity contribution is 5.85. The van der Waals surface area contributed by atoms with Crippen LogP contribution in [0, 0.1) is 0 Å². The molecule has 4 nitrogen and oxygen atoms in total. The second kappa shape index (κ2) is 7.29. The maximum Gasteiger partial charge on any atom is 0.330 e. The Morgan fingerprint density at radius 2 is 2.29 bits per heavy atom. The molecule has 1 atom stereocenters. The molecule has 0 saturated carbocycles. The largest absolute Gasteiger partial charge is 0.478 e. The van der Waals surface area contributed by atoms with Crippen LogP contribution in [0.15, 0.2) is 24.3 Å². The zero-order chi connectivity index (χ0) is 11.0. The topological polar surface area (TPSA) is 66.8 Å². The van der Waals surface area contributed by atoms with Crippen LogP contribution in [0.25, 0.3) is 0 Å². The van der Waals surface area contributed by atoms with Crippen molar-refractivity contribution < 1.29 is 19.7 Å². The standard InChI is InChI=1S/C10H16O4/c1-3-6-14-7-9(11)5-4-8(2)10(12)13/h3-4,9,11H,1,5-7H2,2H3,(H,12,13). The molecule has 0 aromatic heterocycles. The molecule has 0 radical (unpaired) electrons. The van der Waals surface area contributed by atoms with Crippen molar-refractivity contribution in [1.29, 1.82) is 0 Å². The summed E-state index contributed by atoms with van der Waals surface area (Å²) in [6.07, 6.45) is 2.69. The van der Waals surface area contributed by atoms with Gasteiger partial charge in [0.2, 0.25) is 0 Å². The van der Waals surface area contributed by atoms with Gasteiger partial charge in [-0.3, -0.25) is 0 Å². The third-order valence-corrected chi connectivity index (χ3v) is 1.58. The number of aliphatic hydroxyl groups excluding tert-OH is 1. The van der Waals surface area contributed by atoms with E-state index in [1.807, 2.05) is 0 Å². The summed E-state index contributed by atoms with van der Waals surface area (Å²) < 4.78 is 4.99. The quantitative estimate of drug-likeness (QED) is 0.365. The van der Waals surface area contributed by atoms with E-state index in [2.05, 4.69) is 6.58 Å². The van der Waals surface area contributed by atoms with Crippen molar-refractivity contribution in [2.75, 3.05) is 13.2 Å². The molecule has 0 amide bonds. The fraction of sp³-hybridized carbons (Fsp3) is 0.500. The smallest absolute Gasteiger partial charge is 0.330 e. The first kappa shape index (κ1) is 12.9. The summed E-state index contributed by atoms with van der Waals surface area (Å²) in [7, 11) is 0. The number of carbonyl (C=O) groups is 1. The van der Waals surface area contributed by atoms with Crippen LogP contribution in [0.4, 0.5) is 0 Å². The molecule has 0 aromatic rings. The summed E-state index contributed by atoms with van der Waals surface area (Å²) in [4.78, 5) is 10.4. The molecule has 0 spiro atoms. The maximum absolute atomic E-state index is 10.4. The van der Waals surface area contributed by atoms with Gasteiger partial charge < -0.3 is 14.9 Å². The minimum absolute atomic E-state index is 0.190. The Morgan fingerprint density at radius 3 is 2.79 bits per heavy atom. The summed E-state index contributed by atoms with van der Waals surface area (Å²) in [5.41, 5.74) is 0.229. The van der Waals surface area contributed by atoms with E-state index in [1.165, 1.54) is 13.0 Å². The average Bonchev–Trinajstić information content (AvgIpc) is 2.14. The van der Waals surface area contributed by atoms with Crippen LogP contribution >= 0.6 is 0 Å². The lowest BCUT2D eigenvalue weighted by Crippen LogP contribution is -2.14. The Bertz CT molecular complexity index is 220. The van der Waals surface area contributed by atoms with Crippen molar-refractivity contribution >= 4 is 5.97 Å². The number of aliphatic carboxylic acids is 1. The van der Waals surface area contributed by atoms with Gasteiger partial charge in [-0.05, 0) is 13.3 Å². The van der Waals surface area contributed by atoms with Gasteiger partial charge in [-0.1, -0.05) is 12.2 Å². The summed E-state index contributed by atoms with van der Waals surface area (Å²) in [6.45, 7) is 5.52. The number of hydrogen-bond acceptors (Lipinski definition) is 3. The van der Waals surface area contributed by atoms with Gasteiger partial charge in [0.05, 0.1) is 19.3 Å². The monoisotopic (exact) mass is 200 g/mol. The van der Waals surface area contributed by atoms with Gasteiger partial charge in [0.1, 0.15) is 0 Å². The number of hydrogen-bond donors (Lipinski definition) is 2. The number of aliphatic hydroxyl groups is 1. The fourth-order valence-corrected chi connectivity index (χ4v) is 0.756. The maximum atomic E-state index is 10.4. The number of carboxylic acid groups (broad SMARTS) is 1. The molecule has 0 rings (SSSR count). The second-order valence-corrected chi connectivity index (χ2v) is 2.91. The molecule has 0 heterocycles. The van der Waals surface area contributed by atoms with E-state index < -0.39 is 12.1 Å². The van der Waals surface area contributed by atoms with E-state index in [0.717, 1.165) is 0 Å². The van der Waals surface area contributed by atoms with E-state index in [0.29, 0.717) is 6.61 Å². The highest BCUT2D eigenvalue weighted by Gasteiger charge is 2.04. The van der Waals surface area contributed by atoms with Crippen LogP contribution in [0.3, 0.4) is 0 Å². The molecule has 80 valence electrons. The van der Waals surface area contributed by atoms with E-state index in [1.54, 1.807) is 6.08 Å². The van der Waals surface area contributed by atoms with Gasteiger partial charge in [0.15, 0.2) is 0 Å². The minimum atomic E-state index is -0.968. The molecule has 0 fully saturated rings. The second-order valence-electron chi connectivity index (χ2n) is 2.91. The normalized spacial score (nSPS) is 13.7. The molecule has 0 aliphatic rings. The molecule has 0 aromatic carbocycles. The average molecular weight is 200 g/mol. The van der Waals surface area contributed by atoms with Gasteiger partial charge in [-0.15, -0.1) is 6.58 Å². The lowest BCUT2D eigenvalue weighted by molar-refractivity contribution is -0.132. The van der Waals surface area contributed by atoms with Gasteiger partial charge in [-0.2, -0.15) is 0 Å². The van der Waals surface area contributed by atoms with E-state index in [4.69, 9.17) is 9.84 Å². The van der Waals surface area contributed by atoms with Gasteiger partial charge in [0.25, 0.3) is 0 Å². The number of carboxylic acids is 1. The number of ether oxygens (including phenoxy) is 1. The molecule has 4 heteroatoms. The van der Waals surface area contributed by atoms with Gasteiger partial charge in [-0.25, -0.2) is 4.79 Å². The van der Waals surface area contributed by atoms with Crippen molar-refractivity contribution in [3.63, 3.8) is 0 Å². The molecule has 14 heavy (non-hydrogen) atoms. The third kappa shape index (κ3) is 6.39. The zero-order valence-electron chi connectivity index (χ0n) is 8.27. The van der Waals surface area contributed by atoms with Crippen LogP contribution in [0.1, 0.15) is 13.3 Å². The SMILES string of the molecule is C=CCOCC(O)CC=C(C)C(=O)O. The molecule has 0 aliphatic carbocycles. The van der Waals surface area contributed by atoms with Crippen LogP contribution in [-0.4, -0.2) is 35.5 Å². The Kier molecular flexibility index (Phi) is 6.70. The highest BCUT2D eigenvalue weighted by atomic mass is 16.5. The third-order valence-electron chi connectivity index (χ3n) is 1.58. The predicted molar refractivity (Wildman–Crippen MR) is 53.0 cm³/mol. The van der Waals surface area contributed by atoms with E-state index in [9.17, 15) is 9.90 Å². The highest BCUT2D eigenvalue weighted by Crippen LogP contribution is 2.00. The fourth-order valence-electron chi connectivity index (χ4n) is 0.756. The summed E-state index contributed by atoms with van der Waals surface area (Å²) in [6, 6.07) is 0. The summed E-state index contributed by atoms with van der Waals surface area (Å²) in [5.74, 6) is -0.968. The lowest BCUT2D eigenvalue weighted by Gasteiger charge is -2.07. The molecular formula is C10H16O4. The summed E-state index contributed by atoms with van der Waals surface area (Å²) >= 11 is 0. The lowest BCUT2D eigenvalue weighted by atomic mass is 10.2. The summed E-state index contributed by atoms with van der Waals surface area (Å²) in [5, 5.41) is 17.8. The van der Waals surface area contributed by atoms with Crippen LogP contribution in [0.2, 0.25) is 0 Å².